The van der Waals surface area contributed by atoms with Crippen LogP contribution in [0.1, 0.15) is 31.7 Å². The molecule has 3 aromatic rings. The van der Waals surface area contributed by atoms with Gasteiger partial charge in [-0.15, -0.1) is 23.2 Å². The first kappa shape index (κ1) is 32.1. The molecule has 2 amide bonds. The summed E-state index contributed by atoms with van der Waals surface area (Å²) in [6, 6.07) is 9.68. The summed E-state index contributed by atoms with van der Waals surface area (Å²) in [7, 11) is 1.90. The van der Waals surface area contributed by atoms with Crippen molar-refractivity contribution in [3.8, 4) is 0 Å². The highest BCUT2D eigenvalue weighted by Gasteiger charge is 2.28. The number of esters is 1. The Morgan fingerprint density at radius 1 is 1.05 bits per heavy atom. The minimum Gasteiger partial charge on any atom is -0.464 e. The lowest BCUT2D eigenvalue weighted by Gasteiger charge is -2.22. The van der Waals surface area contributed by atoms with Gasteiger partial charge >= 0.3 is 5.97 Å². The Labute approximate surface area is 249 Å². The first-order chi connectivity index (χ1) is 19.7. The van der Waals surface area contributed by atoms with Gasteiger partial charge in [-0.2, -0.15) is 0 Å². The van der Waals surface area contributed by atoms with Gasteiger partial charge in [0.1, 0.15) is 23.7 Å². The number of anilines is 1. The van der Waals surface area contributed by atoms with Crippen LogP contribution in [0.25, 0.3) is 11.0 Å². The summed E-state index contributed by atoms with van der Waals surface area (Å²) < 4.78 is 20.5. The van der Waals surface area contributed by atoms with Crippen molar-refractivity contribution in [3.63, 3.8) is 0 Å². The maximum Gasteiger partial charge on any atom is 0.328 e. The summed E-state index contributed by atoms with van der Waals surface area (Å²) in [5.74, 6) is -0.266. The molecule has 0 unspecified atom stereocenters. The molecule has 0 aliphatic heterocycles. The molecule has 2 aromatic carbocycles. The second kappa shape index (κ2) is 15.6. The monoisotopic (exact) mass is 607 g/mol. The molecule has 0 saturated heterocycles. The second-order valence-electron chi connectivity index (χ2n) is 9.56. The molecule has 9 nitrogen and oxygen atoms in total. The predicted octanol–water partition coefficient (Wildman–Crippen LogP) is 3.72. The van der Waals surface area contributed by atoms with Crippen LogP contribution in [0.15, 0.2) is 42.5 Å². The van der Waals surface area contributed by atoms with Crippen LogP contribution < -0.4 is 15.5 Å². The fraction of sp³-hybridized carbons (Fsp3) is 0.448. The normalized spacial score (nSPS) is 12.5. The number of imidazole rings is 1. The second-order valence-corrected chi connectivity index (χ2v) is 10.3. The van der Waals surface area contributed by atoms with Crippen LogP contribution in [0.4, 0.5) is 10.1 Å². The summed E-state index contributed by atoms with van der Waals surface area (Å²) in [5.41, 5.74) is 3.32. The Hall–Kier alpha value is -3.37. The molecule has 1 heterocycles. The zero-order chi connectivity index (χ0) is 29.9. The van der Waals surface area contributed by atoms with E-state index < -0.39 is 29.8 Å². The Morgan fingerprint density at radius 3 is 2.34 bits per heavy atom. The molecule has 0 fully saturated rings. The van der Waals surface area contributed by atoms with Crippen molar-refractivity contribution in [2.45, 2.75) is 45.2 Å². The lowest BCUT2D eigenvalue weighted by Crippen LogP contribution is -2.52. The van der Waals surface area contributed by atoms with Crippen LogP contribution in [0.2, 0.25) is 0 Å². The number of rotatable bonds is 15. The van der Waals surface area contributed by atoms with Crippen molar-refractivity contribution in [1.82, 2.24) is 20.2 Å². The van der Waals surface area contributed by atoms with Gasteiger partial charge in [-0.05, 0) is 49.2 Å². The number of halogens is 3. The number of hydrogen-bond donors (Lipinski definition) is 2. The number of benzene rings is 2. The van der Waals surface area contributed by atoms with Gasteiger partial charge in [0.05, 0.1) is 17.6 Å². The van der Waals surface area contributed by atoms with Crippen LogP contribution in [0.5, 0.6) is 0 Å². The molecule has 41 heavy (non-hydrogen) atoms. The minimum atomic E-state index is -1.01. The smallest absolute Gasteiger partial charge is 0.328 e. The fourth-order valence-electron chi connectivity index (χ4n) is 4.58. The largest absolute Gasteiger partial charge is 0.464 e. The highest BCUT2D eigenvalue weighted by Crippen LogP contribution is 2.23. The molecular weight excluding hydrogens is 572 g/mol. The summed E-state index contributed by atoms with van der Waals surface area (Å²) in [4.78, 5) is 44.8. The number of carbonyl (C=O) groups is 3. The highest BCUT2D eigenvalue weighted by molar-refractivity contribution is 6.18. The number of aryl methyl sites for hydroxylation is 2. The van der Waals surface area contributed by atoms with Gasteiger partial charge in [0.25, 0.3) is 0 Å². The van der Waals surface area contributed by atoms with Crippen molar-refractivity contribution in [2.24, 2.45) is 7.05 Å². The number of aromatic nitrogens is 2. The molecule has 12 heteroatoms. The molecule has 0 aliphatic carbocycles. The van der Waals surface area contributed by atoms with Crippen LogP contribution in [-0.2, 0) is 39.0 Å². The van der Waals surface area contributed by atoms with Gasteiger partial charge in [-0.3, -0.25) is 9.59 Å². The number of ether oxygens (including phenoxy) is 1. The third-order valence-electron chi connectivity index (χ3n) is 6.62. The maximum atomic E-state index is 13.4. The number of nitrogens with zero attached hydrogens (tertiary/aromatic N) is 3. The first-order valence-corrected chi connectivity index (χ1v) is 14.5. The molecule has 3 rings (SSSR count). The van der Waals surface area contributed by atoms with Gasteiger partial charge in [0, 0.05) is 57.3 Å². The average molecular weight is 609 g/mol. The van der Waals surface area contributed by atoms with E-state index in [-0.39, 0.29) is 25.4 Å². The number of carbonyl (C=O) groups excluding carboxylic acids is 3. The third kappa shape index (κ3) is 9.06. The number of fused-ring (bicyclic) bond motifs is 1. The SMILES string of the molecule is CCOC(=O)[C@H](Cc1ccc(F)cc1)NC(=O)[C@H](CCc1nc2cc(N(CCCl)CCCl)ccc2n1C)NC(C)=O. The summed E-state index contributed by atoms with van der Waals surface area (Å²) >= 11 is 11.9. The molecule has 0 saturated carbocycles. The van der Waals surface area contributed by atoms with E-state index in [0.717, 1.165) is 22.5 Å². The van der Waals surface area contributed by atoms with E-state index in [4.69, 9.17) is 32.9 Å². The lowest BCUT2D eigenvalue weighted by molar-refractivity contribution is -0.147. The summed E-state index contributed by atoms with van der Waals surface area (Å²) in [6.07, 6.45) is 0.731. The maximum absolute atomic E-state index is 13.4. The van der Waals surface area contributed by atoms with Gasteiger partial charge < -0.3 is 24.8 Å². The van der Waals surface area contributed by atoms with Gasteiger partial charge in [-0.1, -0.05) is 12.1 Å². The van der Waals surface area contributed by atoms with Crippen LogP contribution in [0, 0.1) is 5.82 Å². The van der Waals surface area contributed by atoms with Gasteiger partial charge in [0.2, 0.25) is 11.8 Å². The molecule has 0 radical (unpaired) electrons. The average Bonchev–Trinajstić information content (AvgIpc) is 3.26. The Balaban J connectivity index is 1.77. The highest BCUT2D eigenvalue weighted by atomic mass is 35.5. The van der Waals surface area contributed by atoms with E-state index in [0.29, 0.717) is 36.8 Å². The van der Waals surface area contributed by atoms with Crippen LogP contribution >= 0.6 is 23.2 Å². The van der Waals surface area contributed by atoms with Crippen LogP contribution in [-0.4, -0.2) is 70.9 Å². The third-order valence-corrected chi connectivity index (χ3v) is 6.96. The summed E-state index contributed by atoms with van der Waals surface area (Å²) in [5, 5.41) is 5.40. The van der Waals surface area contributed by atoms with E-state index in [1.165, 1.54) is 19.1 Å². The predicted molar refractivity (Wildman–Crippen MR) is 159 cm³/mol. The van der Waals surface area contributed by atoms with E-state index >= 15 is 0 Å². The zero-order valence-corrected chi connectivity index (χ0v) is 25.0. The minimum absolute atomic E-state index is 0.106. The number of hydrogen-bond acceptors (Lipinski definition) is 6. The number of nitrogens with one attached hydrogen (secondary N) is 2. The number of alkyl halides is 2. The molecule has 222 valence electrons. The van der Waals surface area contributed by atoms with E-state index in [9.17, 15) is 18.8 Å². The van der Waals surface area contributed by atoms with Crippen molar-refractivity contribution in [2.75, 3.05) is 36.4 Å². The molecule has 0 aliphatic rings. The molecular formula is C29H36Cl2FN5O4. The van der Waals surface area contributed by atoms with E-state index in [2.05, 4.69) is 15.5 Å². The topological polar surface area (TPSA) is 106 Å². The molecule has 0 bridgehead atoms. The first-order valence-electron chi connectivity index (χ1n) is 13.5. The Morgan fingerprint density at radius 2 is 1.73 bits per heavy atom. The van der Waals surface area contributed by atoms with Crippen molar-refractivity contribution < 1.29 is 23.5 Å². The lowest BCUT2D eigenvalue weighted by atomic mass is 10.0. The van der Waals surface area contributed by atoms with Crippen molar-refractivity contribution in [1.29, 1.82) is 0 Å². The molecule has 0 spiro atoms. The summed E-state index contributed by atoms with van der Waals surface area (Å²) in [6.45, 7) is 4.43. The molecule has 2 N–H and O–H groups in total. The van der Waals surface area contributed by atoms with Crippen LogP contribution in [0.3, 0.4) is 0 Å². The number of amides is 2. The zero-order valence-electron chi connectivity index (χ0n) is 23.5. The molecule has 2 atom stereocenters. The quantitative estimate of drug-likeness (QED) is 0.201. The van der Waals surface area contributed by atoms with Gasteiger partial charge in [-0.25, -0.2) is 14.2 Å². The fourth-order valence-corrected chi connectivity index (χ4v) is 4.99. The Bertz CT molecular complexity index is 1330. The van der Waals surface area contributed by atoms with E-state index in [1.807, 2.05) is 29.8 Å². The molecule has 1 aromatic heterocycles. The van der Waals surface area contributed by atoms with Crippen molar-refractivity contribution >= 4 is 57.7 Å². The van der Waals surface area contributed by atoms with Crippen molar-refractivity contribution in [3.05, 3.63) is 59.7 Å². The van der Waals surface area contributed by atoms with E-state index in [1.54, 1.807) is 19.1 Å². The standard InChI is InChI=1S/C29H36Cl2FN5O4/c1-4-41-29(40)25(17-20-5-7-21(32)8-6-20)35-28(39)23(33-19(2)38)10-12-27-34-24-18-22(9-11-26(24)36(27)3)37(15-13-30)16-14-31/h5-9,11,18,23,25H,4,10,12-17H2,1-3H3,(H,33,38)(H,35,39)/t23-,25-/m0/s1. The van der Waals surface area contributed by atoms with Gasteiger partial charge in [0.15, 0.2) is 0 Å². The Kier molecular flexibility index (Phi) is 12.2.